The molecule has 9 heteroatoms. The smallest absolute Gasteiger partial charge is 0.329 e. The Morgan fingerprint density at radius 1 is 1.16 bits per heavy atom. The van der Waals surface area contributed by atoms with E-state index >= 15 is 0 Å². The van der Waals surface area contributed by atoms with Gasteiger partial charge in [-0.1, -0.05) is 18.2 Å². The van der Waals surface area contributed by atoms with E-state index in [4.69, 9.17) is 4.74 Å². The molecule has 0 saturated heterocycles. The predicted molar refractivity (Wildman–Crippen MR) is 143 cm³/mol. The number of imidazole rings is 1. The van der Waals surface area contributed by atoms with Crippen LogP contribution in [-0.4, -0.2) is 45.1 Å². The minimum absolute atomic E-state index is 0.0781. The van der Waals surface area contributed by atoms with Gasteiger partial charge in [-0.25, -0.2) is 18.6 Å². The van der Waals surface area contributed by atoms with Crippen LogP contribution in [0.3, 0.4) is 0 Å². The van der Waals surface area contributed by atoms with Crippen molar-refractivity contribution in [2.75, 3.05) is 12.0 Å². The number of hydrogen-bond acceptors (Lipinski definition) is 5. The predicted octanol–water partition coefficient (Wildman–Crippen LogP) is 5.73. The second-order valence-electron chi connectivity index (χ2n) is 9.43. The largest absolute Gasteiger partial charge is 0.458 e. The summed E-state index contributed by atoms with van der Waals surface area (Å²) in [4.78, 5) is 30.2. The molecular formula is C28H31F2N3O3S. The molecule has 196 valence electrons. The summed E-state index contributed by atoms with van der Waals surface area (Å²) in [5.41, 5.74) is 0.533. The van der Waals surface area contributed by atoms with Gasteiger partial charge in [-0.3, -0.25) is 4.79 Å². The van der Waals surface area contributed by atoms with Crippen molar-refractivity contribution in [3.63, 3.8) is 0 Å². The number of rotatable bonds is 10. The molecule has 3 rings (SSSR count). The van der Waals surface area contributed by atoms with E-state index in [2.05, 4.69) is 10.3 Å². The molecule has 1 amide bonds. The second kappa shape index (κ2) is 12.7. The second-order valence-corrected chi connectivity index (χ2v) is 10.4. The van der Waals surface area contributed by atoms with Gasteiger partial charge in [-0.15, -0.1) is 0 Å². The summed E-state index contributed by atoms with van der Waals surface area (Å²) in [5.74, 6) is -1.97. The Bertz CT molecular complexity index is 1250. The summed E-state index contributed by atoms with van der Waals surface area (Å²) >= 11 is 1.54. The number of aromatic nitrogens is 2. The first-order valence-corrected chi connectivity index (χ1v) is 13.2. The minimum atomic E-state index is -0.875. The average Bonchev–Trinajstić information content (AvgIpc) is 3.34. The molecule has 1 aromatic heterocycles. The van der Waals surface area contributed by atoms with Gasteiger partial charge in [0.15, 0.2) is 0 Å². The van der Waals surface area contributed by atoms with E-state index in [1.54, 1.807) is 63.3 Å². The molecule has 37 heavy (non-hydrogen) atoms. The van der Waals surface area contributed by atoms with Crippen LogP contribution in [0.15, 0.2) is 61.2 Å². The molecule has 0 saturated carbocycles. The summed E-state index contributed by atoms with van der Waals surface area (Å²) in [6.45, 7) is 5.85. The van der Waals surface area contributed by atoms with Crippen LogP contribution in [0.5, 0.6) is 0 Å². The first kappa shape index (κ1) is 28.1. The highest BCUT2D eigenvalue weighted by Gasteiger charge is 2.28. The number of carbonyl (C=O) groups excluding carboxylic acids is 2. The Morgan fingerprint density at radius 3 is 2.59 bits per heavy atom. The lowest BCUT2D eigenvalue weighted by Gasteiger charge is -2.25. The Labute approximate surface area is 220 Å². The van der Waals surface area contributed by atoms with Crippen LogP contribution in [0.4, 0.5) is 8.78 Å². The number of allylic oxidation sites excluding steroid dienone is 1. The van der Waals surface area contributed by atoms with Crippen molar-refractivity contribution in [1.29, 1.82) is 0 Å². The normalized spacial score (nSPS) is 12.5. The van der Waals surface area contributed by atoms with Crippen LogP contribution in [0.1, 0.15) is 43.1 Å². The van der Waals surface area contributed by atoms with Gasteiger partial charge in [0, 0.05) is 36.1 Å². The molecule has 3 aromatic rings. The van der Waals surface area contributed by atoms with Crippen molar-refractivity contribution in [3.8, 4) is 11.1 Å². The summed E-state index contributed by atoms with van der Waals surface area (Å²) < 4.78 is 35.8. The summed E-state index contributed by atoms with van der Waals surface area (Å²) in [5, 5.41) is 2.76. The molecule has 0 spiro atoms. The maximum absolute atomic E-state index is 14.8. The monoisotopic (exact) mass is 527 g/mol. The number of nitrogens with zero attached hydrogens (tertiary/aromatic N) is 2. The van der Waals surface area contributed by atoms with Gasteiger partial charge in [-0.05, 0) is 74.6 Å². The number of benzene rings is 2. The molecule has 0 bridgehead atoms. The van der Waals surface area contributed by atoms with E-state index in [0.29, 0.717) is 18.7 Å². The first-order valence-electron chi connectivity index (χ1n) is 11.8. The first-order chi connectivity index (χ1) is 17.6. The quantitative estimate of drug-likeness (QED) is 0.341. The summed E-state index contributed by atoms with van der Waals surface area (Å²) in [6.07, 6.45) is 11.2. The Hall–Kier alpha value is -3.46. The summed E-state index contributed by atoms with van der Waals surface area (Å²) in [6, 6.07) is 7.32. The van der Waals surface area contributed by atoms with Crippen molar-refractivity contribution < 1.29 is 23.1 Å². The molecular weight excluding hydrogens is 496 g/mol. The van der Waals surface area contributed by atoms with Gasteiger partial charge in [0.25, 0.3) is 5.91 Å². The van der Waals surface area contributed by atoms with E-state index in [-0.39, 0.29) is 16.7 Å². The van der Waals surface area contributed by atoms with E-state index in [1.165, 1.54) is 6.07 Å². The fraction of sp³-hybridized carbons (Fsp3) is 0.321. The van der Waals surface area contributed by atoms with Crippen LogP contribution in [-0.2, 0) is 16.1 Å². The number of halogens is 2. The lowest BCUT2D eigenvalue weighted by molar-refractivity contribution is -0.157. The lowest BCUT2D eigenvalue weighted by Crippen LogP contribution is -2.44. The zero-order chi connectivity index (χ0) is 27.0. The third kappa shape index (κ3) is 8.28. The van der Waals surface area contributed by atoms with Crippen LogP contribution >= 0.6 is 11.8 Å². The number of hydrogen-bond donors (Lipinski definition) is 1. The number of thioether (sulfide) groups is 1. The van der Waals surface area contributed by atoms with E-state index in [1.807, 2.05) is 29.2 Å². The zero-order valence-corrected chi connectivity index (χ0v) is 22.1. The zero-order valence-electron chi connectivity index (χ0n) is 21.3. The third-order valence-corrected chi connectivity index (χ3v) is 5.95. The van der Waals surface area contributed by atoms with Crippen molar-refractivity contribution in [1.82, 2.24) is 14.9 Å². The maximum atomic E-state index is 14.8. The lowest BCUT2D eigenvalue weighted by atomic mass is 9.95. The minimum Gasteiger partial charge on any atom is -0.458 e. The molecule has 0 radical (unpaired) electrons. The SMILES string of the molecule is CSCC[C@H](NC(=O)c1ccc(/C=C/Cn2ccnc2)cc1-c1ccc(F)cc1F)C(=O)OC(C)(C)C. The van der Waals surface area contributed by atoms with Crippen molar-refractivity contribution in [3.05, 3.63) is 84.0 Å². The fourth-order valence-corrected chi connectivity index (χ4v) is 4.06. The molecule has 0 aliphatic carbocycles. The average molecular weight is 528 g/mol. The van der Waals surface area contributed by atoms with Crippen molar-refractivity contribution >= 4 is 29.7 Å². The van der Waals surface area contributed by atoms with Crippen LogP contribution < -0.4 is 5.32 Å². The molecule has 0 fully saturated rings. The Morgan fingerprint density at radius 2 is 1.95 bits per heavy atom. The van der Waals surface area contributed by atoms with Gasteiger partial charge in [0.05, 0.1) is 6.33 Å². The van der Waals surface area contributed by atoms with Gasteiger partial charge in [0.1, 0.15) is 23.3 Å². The maximum Gasteiger partial charge on any atom is 0.329 e. The summed E-state index contributed by atoms with van der Waals surface area (Å²) in [7, 11) is 0. The van der Waals surface area contributed by atoms with Crippen molar-refractivity contribution in [2.24, 2.45) is 0 Å². The van der Waals surface area contributed by atoms with E-state index < -0.39 is 35.2 Å². The highest BCUT2D eigenvalue weighted by Crippen LogP contribution is 2.29. The van der Waals surface area contributed by atoms with Crippen LogP contribution in [0.2, 0.25) is 0 Å². The van der Waals surface area contributed by atoms with Crippen LogP contribution in [0.25, 0.3) is 17.2 Å². The van der Waals surface area contributed by atoms with Gasteiger partial charge >= 0.3 is 5.97 Å². The number of amides is 1. The highest BCUT2D eigenvalue weighted by molar-refractivity contribution is 7.98. The van der Waals surface area contributed by atoms with Gasteiger partial charge in [-0.2, -0.15) is 11.8 Å². The standard InChI is InChI=1S/C28H31F2N3O3S/c1-28(2,3)36-27(35)25(11-15-37-4)32-26(34)22-9-7-19(6-5-13-33-14-12-31-18-33)16-23(22)21-10-8-20(29)17-24(21)30/h5-10,12,14,16-18,25H,11,13,15H2,1-4H3,(H,32,34)/b6-5+/t25-/m0/s1. The number of esters is 1. The van der Waals surface area contributed by atoms with Crippen LogP contribution in [0, 0.1) is 11.6 Å². The molecule has 0 aliphatic heterocycles. The highest BCUT2D eigenvalue weighted by atomic mass is 32.2. The number of nitrogens with one attached hydrogen (secondary N) is 1. The molecule has 2 aromatic carbocycles. The molecule has 1 heterocycles. The fourth-order valence-electron chi connectivity index (χ4n) is 3.59. The number of ether oxygens (including phenoxy) is 1. The molecule has 1 N–H and O–H groups in total. The van der Waals surface area contributed by atoms with Crippen molar-refractivity contribution in [2.45, 2.75) is 45.4 Å². The Balaban J connectivity index is 1.94. The molecule has 0 unspecified atom stereocenters. The van der Waals surface area contributed by atoms with E-state index in [0.717, 1.165) is 17.7 Å². The topological polar surface area (TPSA) is 73.2 Å². The van der Waals surface area contributed by atoms with E-state index in [9.17, 15) is 18.4 Å². The van der Waals surface area contributed by atoms with Gasteiger partial charge in [0.2, 0.25) is 0 Å². The Kier molecular flexibility index (Phi) is 9.63. The number of carbonyl (C=O) groups is 2. The molecule has 6 nitrogen and oxygen atoms in total. The third-order valence-electron chi connectivity index (χ3n) is 5.30. The van der Waals surface area contributed by atoms with Gasteiger partial charge < -0.3 is 14.6 Å². The molecule has 1 atom stereocenters. The molecule has 0 aliphatic rings.